The summed E-state index contributed by atoms with van der Waals surface area (Å²) in [6.07, 6.45) is -5.67. The van der Waals surface area contributed by atoms with Gasteiger partial charge in [-0.2, -0.15) is 0 Å². The third kappa shape index (κ3) is 5.20. The van der Waals surface area contributed by atoms with Gasteiger partial charge >= 0.3 is 11.9 Å². The van der Waals surface area contributed by atoms with Crippen LogP contribution in [0.2, 0.25) is 0 Å². The normalized spacial score (nSPS) is 25.3. The van der Waals surface area contributed by atoms with Crippen LogP contribution in [0.4, 0.5) is 0 Å². The zero-order chi connectivity index (χ0) is 17.1. The standard InChI is InChI=1S/C14H24O8/c1-7(2)6-19-12(17)8(3)20-13(18)10-9(11(15)16)21-14(4,5)22-10/h7-11,15-16H,6H2,1-5H3/t8-,9+,10+/m0/s1. The number of carbonyl (C=O) groups excluding carboxylic acids is 2. The van der Waals surface area contributed by atoms with E-state index >= 15 is 0 Å². The lowest BCUT2D eigenvalue weighted by molar-refractivity contribution is -0.184. The molecule has 0 radical (unpaired) electrons. The number of rotatable bonds is 6. The fourth-order valence-corrected chi connectivity index (χ4v) is 1.85. The molecule has 0 unspecified atom stereocenters. The molecule has 0 bridgehead atoms. The Labute approximate surface area is 129 Å². The number of hydrogen-bond acceptors (Lipinski definition) is 8. The number of esters is 2. The van der Waals surface area contributed by atoms with Crippen molar-refractivity contribution in [3.8, 4) is 0 Å². The van der Waals surface area contributed by atoms with Gasteiger partial charge in [0.15, 0.2) is 24.3 Å². The summed E-state index contributed by atoms with van der Waals surface area (Å²) in [5.41, 5.74) is 0. The molecule has 3 atom stereocenters. The Hall–Kier alpha value is -1.22. The average molecular weight is 320 g/mol. The van der Waals surface area contributed by atoms with Crippen LogP contribution in [0, 0.1) is 5.92 Å². The van der Waals surface area contributed by atoms with Gasteiger partial charge in [-0.05, 0) is 26.7 Å². The van der Waals surface area contributed by atoms with Gasteiger partial charge in [0.05, 0.1) is 6.61 Å². The first-order valence-electron chi connectivity index (χ1n) is 7.12. The molecule has 0 saturated carbocycles. The van der Waals surface area contributed by atoms with Gasteiger partial charge in [0.25, 0.3) is 0 Å². The predicted molar refractivity (Wildman–Crippen MR) is 73.4 cm³/mol. The molecule has 1 aliphatic heterocycles. The van der Waals surface area contributed by atoms with Gasteiger partial charge in [-0.15, -0.1) is 0 Å². The number of aliphatic hydroxyl groups is 2. The first-order chi connectivity index (χ1) is 10.0. The highest BCUT2D eigenvalue weighted by Gasteiger charge is 2.49. The van der Waals surface area contributed by atoms with Crippen LogP contribution in [-0.2, 0) is 28.5 Å². The molecule has 1 heterocycles. The zero-order valence-corrected chi connectivity index (χ0v) is 13.4. The fourth-order valence-electron chi connectivity index (χ4n) is 1.85. The summed E-state index contributed by atoms with van der Waals surface area (Å²) in [4.78, 5) is 23.7. The summed E-state index contributed by atoms with van der Waals surface area (Å²) < 4.78 is 20.4. The predicted octanol–water partition coefficient (Wildman–Crippen LogP) is -0.0519. The summed E-state index contributed by atoms with van der Waals surface area (Å²) in [6, 6.07) is 0. The van der Waals surface area contributed by atoms with E-state index in [2.05, 4.69) is 0 Å². The lowest BCUT2D eigenvalue weighted by Gasteiger charge is -2.19. The maximum absolute atomic E-state index is 12.0. The molecule has 0 amide bonds. The first-order valence-corrected chi connectivity index (χ1v) is 7.12. The molecule has 0 aromatic carbocycles. The van der Waals surface area contributed by atoms with E-state index < -0.39 is 42.3 Å². The Kier molecular flexibility index (Phi) is 6.30. The monoisotopic (exact) mass is 320 g/mol. The summed E-state index contributed by atoms with van der Waals surface area (Å²) in [5.74, 6) is -2.61. The molecule has 128 valence electrons. The van der Waals surface area contributed by atoms with Crippen molar-refractivity contribution >= 4 is 11.9 Å². The number of aliphatic hydroxyl groups excluding tert-OH is 1. The largest absolute Gasteiger partial charge is 0.463 e. The fraction of sp³-hybridized carbons (Fsp3) is 0.857. The Morgan fingerprint density at radius 3 is 2.27 bits per heavy atom. The highest BCUT2D eigenvalue weighted by atomic mass is 16.8. The number of carbonyl (C=O) groups is 2. The van der Waals surface area contributed by atoms with E-state index in [0.717, 1.165) is 0 Å². The minimum Gasteiger partial charge on any atom is -0.463 e. The van der Waals surface area contributed by atoms with Crippen molar-refractivity contribution in [3.63, 3.8) is 0 Å². The first kappa shape index (κ1) is 18.8. The van der Waals surface area contributed by atoms with Crippen molar-refractivity contribution in [2.75, 3.05) is 6.61 Å². The second kappa shape index (κ2) is 7.36. The molecule has 22 heavy (non-hydrogen) atoms. The van der Waals surface area contributed by atoms with Crippen LogP contribution in [0.5, 0.6) is 0 Å². The molecule has 0 aliphatic carbocycles. The molecule has 8 heteroatoms. The van der Waals surface area contributed by atoms with Crippen molar-refractivity contribution in [1.82, 2.24) is 0 Å². The van der Waals surface area contributed by atoms with Crippen LogP contribution >= 0.6 is 0 Å². The third-order valence-corrected chi connectivity index (χ3v) is 2.84. The van der Waals surface area contributed by atoms with E-state index in [9.17, 15) is 19.8 Å². The molecular weight excluding hydrogens is 296 g/mol. The number of ether oxygens (including phenoxy) is 4. The maximum Gasteiger partial charge on any atom is 0.347 e. The van der Waals surface area contributed by atoms with Crippen molar-refractivity contribution in [3.05, 3.63) is 0 Å². The molecule has 1 rings (SSSR count). The average Bonchev–Trinajstić information content (AvgIpc) is 2.72. The summed E-state index contributed by atoms with van der Waals surface area (Å²) in [7, 11) is 0. The van der Waals surface area contributed by atoms with Gasteiger partial charge in [-0.1, -0.05) is 13.8 Å². The summed E-state index contributed by atoms with van der Waals surface area (Å²) >= 11 is 0. The van der Waals surface area contributed by atoms with E-state index in [1.165, 1.54) is 20.8 Å². The van der Waals surface area contributed by atoms with E-state index in [1.807, 2.05) is 13.8 Å². The van der Waals surface area contributed by atoms with Crippen LogP contribution in [0.1, 0.15) is 34.6 Å². The summed E-state index contributed by atoms with van der Waals surface area (Å²) in [6.45, 7) is 8.39. The topological polar surface area (TPSA) is 112 Å². The SMILES string of the molecule is CC(C)COC(=O)[C@H](C)OC(=O)[C@@H]1OC(C)(C)O[C@H]1C(O)O. The van der Waals surface area contributed by atoms with Gasteiger partial charge in [-0.25, -0.2) is 9.59 Å². The highest BCUT2D eigenvalue weighted by Crippen LogP contribution is 2.30. The lowest BCUT2D eigenvalue weighted by atomic mass is 10.2. The Morgan fingerprint density at radius 1 is 1.18 bits per heavy atom. The van der Waals surface area contributed by atoms with Crippen LogP contribution in [0.15, 0.2) is 0 Å². The smallest absolute Gasteiger partial charge is 0.347 e. The van der Waals surface area contributed by atoms with Crippen LogP contribution in [0.3, 0.4) is 0 Å². The molecule has 1 fully saturated rings. The molecule has 0 spiro atoms. The van der Waals surface area contributed by atoms with Crippen molar-refractivity contribution in [1.29, 1.82) is 0 Å². The molecule has 0 aromatic heterocycles. The van der Waals surface area contributed by atoms with Gasteiger partial charge in [0, 0.05) is 0 Å². The van der Waals surface area contributed by atoms with Crippen molar-refractivity contribution < 1.29 is 38.7 Å². The van der Waals surface area contributed by atoms with Gasteiger partial charge in [0.1, 0.15) is 6.10 Å². The Morgan fingerprint density at radius 2 is 1.77 bits per heavy atom. The van der Waals surface area contributed by atoms with Crippen molar-refractivity contribution in [2.24, 2.45) is 5.92 Å². The van der Waals surface area contributed by atoms with Crippen molar-refractivity contribution in [2.45, 2.75) is 65.0 Å². The van der Waals surface area contributed by atoms with Crippen LogP contribution in [0.25, 0.3) is 0 Å². The highest BCUT2D eigenvalue weighted by molar-refractivity contribution is 5.81. The molecule has 1 aliphatic rings. The second-order valence-corrected chi connectivity index (χ2v) is 6.04. The maximum atomic E-state index is 12.0. The molecule has 2 N–H and O–H groups in total. The van der Waals surface area contributed by atoms with Crippen LogP contribution in [-0.4, -0.2) is 59.1 Å². The minimum atomic E-state index is -1.91. The van der Waals surface area contributed by atoms with E-state index in [4.69, 9.17) is 18.9 Å². The second-order valence-electron chi connectivity index (χ2n) is 6.04. The van der Waals surface area contributed by atoms with Gasteiger partial charge < -0.3 is 29.2 Å². The van der Waals surface area contributed by atoms with E-state index in [0.29, 0.717) is 0 Å². The minimum absolute atomic E-state index is 0.160. The lowest BCUT2D eigenvalue weighted by Crippen LogP contribution is -2.42. The van der Waals surface area contributed by atoms with Gasteiger partial charge in [0.2, 0.25) is 0 Å². The Bertz CT molecular complexity index is 404. The van der Waals surface area contributed by atoms with Crippen LogP contribution < -0.4 is 0 Å². The Balaban J connectivity index is 2.61. The molecular formula is C14H24O8. The van der Waals surface area contributed by atoms with Gasteiger partial charge in [-0.3, -0.25) is 0 Å². The van der Waals surface area contributed by atoms with E-state index in [-0.39, 0.29) is 12.5 Å². The summed E-state index contributed by atoms with van der Waals surface area (Å²) in [5, 5.41) is 18.5. The molecule has 1 saturated heterocycles. The number of hydrogen-bond donors (Lipinski definition) is 2. The third-order valence-electron chi connectivity index (χ3n) is 2.84. The quantitative estimate of drug-likeness (QED) is 0.517. The molecule has 0 aromatic rings. The zero-order valence-electron chi connectivity index (χ0n) is 13.4. The molecule has 8 nitrogen and oxygen atoms in total. The van der Waals surface area contributed by atoms with E-state index in [1.54, 1.807) is 0 Å².